The Kier molecular flexibility index (Phi) is 3.08. The second kappa shape index (κ2) is 4.32. The first-order chi connectivity index (χ1) is 6.77. The van der Waals surface area contributed by atoms with Crippen LogP contribution in [0.4, 0.5) is 0 Å². The summed E-state index contributed by atoms with van der Waals surface area (Å²) in [6, 6.07) is 0. The standard InChI is InChI=1S/C10H16ClN3/c1-8-13-6-10(11)14(8)7-9-2-4-12-5-3-9/h6,9,12H,2-5,7H2,1H3. The minimum absolute atomic E-state index is 0.752. The van der Waals surface area contributed by atoms with Gasteiger partial charge in [-0.3, -0.25) is 0 Å². The fraction of sp³-hybridized carbons (Fsp3) is 0.700. The van der Waals surface area contributed by atoms with E-state index in [0.29, 0.717) is 0 Å². The first-order valence-electron chi connectivity index (χ1n) is 5.15. The summed E-state index contributed by atoms with van der Waals surface area (Å²) in [5.74, 6) is 1.77. The average Bonchev–Trinajstić information content (AvgIpc) is 2.51. The van der Waals surface area contributed by atoms with Crippen molar-refractivity contribution in [3.05, 3.63) is 17.2 Å². The molecule has 0 spiro atoms. The molecule has 3 nitrogen and oxygen atoms in total. The molecule has 0 saturated carbocycles. The molecule has 2 heterocycles. The summed E-state index contributed by atoms with van der Waals surface area (Å²) in [6.45, 7) is 5.30. The van der Waals surface area contributed by atoms with Crippen molar-refractivity contribution in [2.24, 2.45) is 5.92 Å². The molecule has 0 aromatic carbocycles. The summed E-state index contributed by atoms with van der Waals surface area (Å²) in [5, 5.41) is 4.13. The first kappa shape index (κ1) is 9.99. The van der Waals surface area contributed by atoms with Gasteiger partial charge in [-0.1, -0.05) is 11.6 Å². The molecule has 0 amide bonds. The van der Waals surface area contributed by atoms with E-state index in [1.54, 1.807) is 6.20 Å². The van der Waals surface area contributed by atoms with Crippen LogP contribution in [0.15, 0.2) is 6.20 Å². The zero-order chi connectivity index (χ0) is 9.97. The molecule has 1 aliphatic heterocycles. The van der Waals surface area contributed by atoms with Gasteiger partial charge < -0.3 is 9.88 Å². The molecule has 2 rings (SSSR count). The zero-order valence-corrected chi connectivity index (χ0v) is 9.22. The normalized spacial score (nSPS) is 18.7. The lowest BCUT2D eigenvalue weighted by Crippen LogP contribution is -2.30. The minimum Gasteiger partial charge on any atom is -0.319 e. The van der Waals surface area contributed by atoms with E-state index in [1.807, 2.05) is 6.92 Å². The number of aryl methyl sites for hydroxylation is 1. The number of imidazole rings is 1. The predicted molar refractivity (Wildman–Crippen MR) is 57.6 cm³/mol. The lowest BCUT2D eigenvalue weighted by molar-refractivity contribution is 0.331. The van der Waals surface area contributed by atoms with E-state index >= 15 is 0 Å². The maximum atomic E-state index is 6.05. The van der Waals surface area contributed by atoms with E-state index in [0.717, 1.165) is 36.5 Å². The number of rotatable bonds is 2. The molecule has 14 heavy (non-hydrogen) atoms. The topological polar surface area (TPSA) is 29.9 Å². The van der Waals surface area contributed by atoms with Crippen molar-refractivity contribution < 1.29 is 0 Å². The van der Waals surface area contributed by atoms with Crippen LogP contribution in [0.2, 0.25) is 5.15 Å². The Labute approximate surface area is 89.5 Å². The van der Waals surface area contributed by atoms with Gasteiger partial charge in [-0.05, 0) is 38.8 Å². The Morgan fingerprint density at radius 1 is 1.57 bits per heavy atom. The van der Waals surface area contributed by atoms with Gasteiger partial charge in [0.25, 0.3) is 0 Å². The Bertz CT molecular complexity index is 283. The molecule has 78 valence electrons. The van der Waals surface area contributed by atoms with Gasteiger partial charge >= 0.3 is 0 Å². The molecule has 1 saturated heterocycles. The third-order valence-corrected chi connectivity index (χ3v) is 3.21. The highest BCUT2D eigenvalue weighted by Gasteiger charge is 2.15. The Balaban J connectivity index is 2.02. The van der Waals surface area contributed by atoms with E-state index < -0.39 is 0 Å². The van der Waals surface area contributed by atoms with Crippen molar-refractivity contribution in [3.63, 3.8) is 0 Å². The second-order valence-corrected chi connectivity index (χ2v) is 4.32. The van der Waals surface area contributed by atoms with Crippen molar-refractivity contribution in [3.8, 4) is 0 Å². The largest absolute Gasteiger partial charge is 0.319 e. The predicted octanol–water partition coefficient (Wildman–Crippen LogP) is 1.84. The third kappa shape index (κ3) is 2.10. The van der Waals surface area contributed by atoms with E-state index in [2.05, 4.69) is 14.9 Å². The highest BCUT2D eigenvalue weighted by atomic mass is 35.5. The van der Waals surface area contributed by atoms with Crippen LogP contribution < -0.4 is 5.32 Å². The lowest BCUT2D eigenvalue weighted by atomic mass is 9.98. The third-order valence-electron chi connectivity index (χ3n) is 2.91. The summed E-state index contributed by atoms with van der Waals surface area (Å²) in [6.07, 6.45) is 4.22. The number of nitrogens with zero attached hydrogens (tertiary/aromatic N) is 2. The van der Waals surface area contributed by atoms with E-state index in [4.69, 9.17) is 11.6 Å². The molecule has 0 aliphatic carbocycles. The maximum Gasteiger partial charge on any atom is 0.128 e. The van der Waals surface area contributed by atoms with Gasteiger partial charge in [0.1, 0.15) is 11.0 Å². The van der Waals surface area contributed by atoms with Crippen LogP contribution in [0.1, 0.15) is 18.7 Å². The summed E-state index contributed by atoms with van der Waals surface area (Å²) < 4.78 is 2.11. The highest BCUT2D eigenvalue weighted by molar-refractivity contribution is 6.29. The summed E-state index contributed by atoms with van der Waals surface area (Å²) in [5.41, 5.74) is 0. The second-order valence-electron chi connectivity index (χ2n) is 3.93. The number of nitrogens with one attached hydrogen (secondary N) is 1. The van der Waals surface area contributed by atoms with Crippen LogP contribution in [0.5, 0.6) is 0 Å². The molecule has 4 heteroatoms. The van der Waals surface area contributed by atoms with Gasteiger partial charge in [-0.15, -0.1) is 0 Å². The van der Waals surface area contributed by atoms with Gasteiger partial charge in [0.2, 0.25) is 0 Å². The van der Waals surface area contributed by atoms with Crippen LogP contribution in [-0.2, 0) is 6.54 Å². The van der Waals surface area contributed by atoms with Crippen molar-refractivity contribution in [2.75, 3.05) is 13.1 Å². The number of hydrogen-bond acceptors (Lipinski definition) is 2. The summed E-state index contributed by atoms with van der Waals surface area (Å²) >= 11 is 6.05. The Hall–Kier alpha value is -0.540. The number of hydrogen-bond donors (Lipinski definition) is 1. The molecular formula is C10H16ClN3. The Morgan fingerprint density at radius 3 is 2.86 bits per heavy atom. The van der Waals surface area contributed by atoms with Crippen LogP contribution in [-0.4, -0.2) is 22.6 Å². The zero-order valence-electron chi connectivity index (χ0n) is 8.46. The molecule has 1 aromatic heterocycles. The smallest absolute Gasteiger partial charge is 0.128 e. The van der Waals surface area contributed by atoms with Crippen molar-refractivity contribution in [1.29, 1.82) is 0 Å². The van der Waals surface area contributed by atoms with Gasteiger partial charge in [0, 0.05) is 6.54 Å². The van der Waals surface area contributed by atoms with Crippen LogP contribution >= 0.6 is 11.6 Å². The summed E-state index contributed by atoms with van der Waals surface area (Å²) in [7, 11) is 0. The van der Waals surface area contributed by atoms with E-state index in [9.17, 15) is 0 Å². The van der Waals surface area contributed by atoms with Gasteiger partial charge in [-0.2, -0.15) is 0 Å². The maximum absolute atomic E-state index is 6.05. The van der Waals surface area contributed by atoms with Gasteiger partial charge in [-0.25, -0.2) is 4.98 Å². The molecule has 1 aliphatic rings. The molecule has 1 fully saturated rings. The Morgan fingerprint density at radius 2 is 2.29 bits per heavy atom. The molecule has 0 atom stereocenters. The van der Waals surface area contributed by atoms with Crippen molar-refractivity contribution >= 4 is 11.6 Å². The minimum atomic E-state index is 0.752. The molecule has 0 radical (unpaired) electrons. The number of halogens is 1. The quantitative estimate of drug-likeness (QED) is 0.813. The van der Waals surface area contributed by atoms with Gasteiger partial charge in [0.05, 0.1) is 6.20 Å². The molecular weight excluding hydrogens is 198 g/mol. The van der Waals surface area contributed by atoms with Gasteiger partial charge in [0.15, 0.2) is 0 Å². The molecule has 1 N–H and O–H groups in total. The monoisotopic (exact) mass is 213 g/mol. The lowest BCUT2D eigenvalue weighted by Gasteiger charge is -2.23. The van der Waals surface area contributed by atoms with Crippen LogP contribution in [0.25, 0.3) is 0 Å². The van der Waals surface area contributed by atoms with E-state index in [1.165, 1.54) is 12.8 Å². The van der Waals surface area contributed by atoms with E-state index in [-0.39, 0.29) is 0 Å². The van der Waals surface area contributed by atoms with Crippen molar-refractivity contribution in [1.82, 2.24) is 14.9 Å². The molecule has 0 unspecified atom stereocenters. The van der Waals surface area contributed by atoms with Crippen molar-refractivity contribution in [2.45, 2.75) is 26.3 Å². The molecule has 0 bridgehead atoms. The fourth-order valence-corrected chi connectivity index (χ4v) is 2.22. The fourth-order valence-electron chi connectivity index (χ4n) is 1.98. The molecule has 1 aromatic rings. The van der Waals surface area contributed by atoms with Crippen LogP contribution in [0.3, 0.4) is 0 Å². The average molecular weight is 214 g/mol. The number of piperidine rings is 1. The first-order valence-corrected chi connectivity index (χ1v) is 5.53. The number of aromatic nitrogens is 2. The van der Waals surface area contributed by atoms with Crippen LogP contribution in [0, 0.1) is 12.8 Å². The highest BCUT2D eigenvalue weighted by Crippen LogP contribution is 2.19. The summed E-state index contributed by atoms with van der Waals surface area (Å²) in [4.78, 5) is 4.20. The SMILES string of the molecule is Cc1ncc(Cl)n1CC1CCNCC1.